The average Bonchev–Trinajstić information content (AvgIpc) is 2.45. The number of nitrogens with zero attached hydrogens (tertiary/aromatic N) is 1. The summed E-state index contributed by atoms with van der Waals surface area (Å²) in [5.74, 6) is 0.793. The van der Waals surface area contributed by atoms with E-state index in [2.05, 4.69) is 25.7 Å². The second-order valence-corrected chi connectivity index (χ2v) is 4.53. The first-order valence-corrected chi connectivity index (χ1v) is 5.53. The van der Waals surface area contributed by atoms with Gasteiger partial charge in [0.1, 0.15) is 0 Å². The SMILES string of the molecule is CCC1C(C)CCN1C(C)C(N)=S. The van der Waals surface area contributed by atoms with Crippen LogP contribution in [0.2, 0.25) is 0 Å². The summed E-state index contributed by atoms with van der Waals surface area (Å²) in [6, 6.07) is 0.946. The molecule has 1 heterocycles. The van der Waals surface area contributed by atoms with Crippen LogP contribution in [0.15, 0.2) is 0 Å². The second-order valence-electron chi connectivity index (χ2n) is 4.06. The Labute approximate surface area is 86.5 Å². The first kappa shape index (κ1) is 10.9. The van der Waals surface area contributed by atoms with Crippen LogP contribution in [0.4, 0.5) is 0 Å². The van der Waals surface area contributed by atoms with E-state index in [9.17, 15) is 0 Å². The van der Waals surface area contributed by atoms with Crippen LogP contribution in [-0.4, -0.2) is 28.5 Å². The summed E-state index contributed by atoms with van der Waals surface area (Å²) in [7, 11) is 0. The van der Waals surface area contributed by atoms with Gasteiger partial charge in [-0.1, -0.05) is 26.1 Å². The van der Waals surface area contributed by atoms with Crippen molar-refractivity contribution in [3.63, 3.8) is 0 Å². The Kier molecular flexibility index (Phi) is 3.68. The lowest BCUT2D eigenvalue weighted by molar-refractivity contribution is 0.208. The molecule has 3 atom stereocenters. The molecular weight excluding hydrogens is 180 g/mol. The number of hydrogen-bond acceptors (Lipinski definition) is 2. The summed E-state index contributed by atoms with van der Waals surface area (Å²) >= 11 is 5.03. The highest BCUT2D eigenvalue weighted by atomic mass is 32.1. The van der Waals surface area contributed by atoms with Gasteiger partial charge < -0.3 is 5.73 Å². The van der Waals surface area contributed by atoms with E-state index in [1.54, 1.807) is 0 Å². The molecule has 3 heteroatoms. The Morgan fingerprint density at radius 1 is 1.69 bits per heavy atom. The van der Waals surface area contributed by atoms with Gasteiger partial charge in [-0.05, 0) is 32.2 Å². The van der Waals surface area contributed by atoms with Crippen molar-refractivity contribution in [1.29, 1.82) is 0 Å². The van der Waals surface area contributed by atoms with Crippen LogP contribution in [0, 0.1) is 5.92 Å². The number of likely N-dealkylation sites (tertiary alicyclic amines) is 1. The zero-order valence-corrected chi connectivity index (χ0v) is 9.60. The molecule has 1 fully saturated rings. The molecule has 0 radical (unpaired) electrons. The van der Waals surface area contributed by atoms with E-state index in [0.717, 1.165) is 12.5 Å². The van der Waals surface area contributed by atoms with Crippen LogP contribution in [0.25, 0.3) is 0 Å². The molecule has 0 aromatic heterocycles. The fourth-order valence-electron chi connectivity index (χ4n) is 2.32. The van der Waals surface area contributed by atoms with E-state index in [4.69, 9.17) is 18.0 Å². The predicted molar refractivity (Wildman–Crippen MR) is 60.8 cm³/mol. The Balaban J connectivity index is 2.64. The highest BCUT2D eigenvalue weighted by Gasteiger charge is 2.33. The van der Waals surface area contributed by atoms with Gasteiger partial charge in [-0.25, -0.2) is 0 Å². The highest BCUT2D eigenvalue weighted by molar-refractivity contribution is 7.80. The minimum absolute atomic E-state index is 0.268. The van der Waals surface area contributed by atoms with Crippen molar-refractivity contribution in [3.05, 3.63) is 0 Å². The minimum Gasteiger partial charge on any atom is -0.392 e. The van der Waals surface area contributed by atoms with Crippen LogP contribution in [-0.2, 0) is 0 Å². The summed E-state index contributed by atoms with van der Waals surface area (Å²) in [6.07, 6.45) is 2.49. The van der Waals surface area contributed by atoms with Crippen LogP contribution >= 0.6 is 12.2 Å². The predicted octanol–water partition coefficient (Wildman–Crippen LogP) is 1.78. The van der Waals surface area contributed by atoms with Gasteiger partial charge in [-0.15, -0.1) is 0 Å². The van der Waals surface area contributed by atoms with Gasteiger partial charge >= 0.3 is 0 Å². The summed E-state index contributed by atoms with van der Waals surface area (Å²) in [5.41, 5.74) is 5.67. The lowest BCUT2D eigenvalue weighted by Crippen LogP contribution is -2.45. The summed E-state index contributed by atoms with van der Waals surface area (Å²) in [6.45, 7) is 7.83. The zero-order chi connectivity index (χ0) is 10.0. The maximum absolute atomic E-state index is 5.67. The van der Waals surface area contributed by atoms with Crippen molar-refractivity contribution in [2.75, 3.05) is 6.54 Å². The Hall–Kier alpha value is -0.150. The fourth-order valence-corrected chi connectivity index (χ4v) is 2.45. The molecule has 0 spiro atoms. The van der Waals surface area contributed by atoms with E-state index < -0.39 is 0 Å². The molecule has 2 N–H and O–H groups in total. The fraction of sp³-hybridized carbons (Fsp3) is 0.900. The third-order valence-corrected chi connectivity index (χ3v) is 3.59. The summed E-state index contributed by atoms with van der Waals surface area (Å²) in [5, 5.41) is 0. The average molecular weight is 200 g/mol. The van der Waals surface area contributed by atoms with Crippen molar-refractivity contribution in [1.82, 2.24) is 4.90 Å². The van der Waals surface area contributed by atoms with E-state index in [0.29, 0.717) is 11.0 Å². The Morgan fingerprint density at radius 3 is 2.77 bits per heavy atom. The molecule has 2 nitrogen and oxygen atoms in total. The minimum atomic E-state index is 0.268. The molecule has 0 amide bonds. The molecule has 1 aliphatic heterocycles. The Bertz CT molecular complexity index is 193. The number of hydrogen-bond donors (Lipinski definition) is 1. The van der Waals surface area contributed by atoms with E-state index >= 15 is 0 Å². The molecule has 1 rings (SSSR count). The molecular formula is C10H20N2S. The van der Waals surface area contributed by atoms with Crippen molar-refractivity contribution in [2.45, 2.75) is 45.7 Å². The van der Waals surface area contributed by atoms with Gasteiger partial charge in [-0.3, -0.25) is 4.90 Å². The Morgan fingerprint density at radius 2 is 2.31 bits per heavy atom. The maximum atomic E-state index is 5.67. The molecule has 0 saturated carbocycles. The van der Waals surface area contributed by atoms with E-state index in [1.165, 1.54) is 12.8 Å². The molecule has 1 aliphatic rings. The number of thiocarbonyl (C=S) groups is 1. The number of nitrogens with two attached hydrogens (primary N) is 1. The molecule has 13 heavy (non-hydrogen) atoms. The molecule has 0 aromatic rings. The van der Waals surface area contributed by atoms with Crippen LogP contribution in [0.1, 0.15) is 33.6 Å². The second kappa shape index (κ2) is 4.38. The van der Waals surface area contributed by atoms with Crippen molar-refractivity contribution < 1.29 is 0 Å². The van der Waals surface area contributed by atoms with E-state index in [1.807, 2.05) is 0 Å². The molecule has 3 unspecified atom stereocenters. The first-order valence-electron chi connectivity index (χ1n) is 5.13. The normalized spacial score (nSPS) is 31.9. The molecule has 76 valence electrons. The van der Waals surface area contributed by atoms with Crippen LogP contribution < -0.4 is 5.73 Å². The van der Waals surface area contributed by atoms with Crippen molar-refractivity contribution in [2.24, 2.45) is 11.7 Å². The largest absolute Gasteiger partial charge is 0.392 e. The molecule has 0 bridgehead atoms. The maximum Gasteiger partial charge on any atom is 0.0899 e. The molecule has 0 aliphatic carbocycles. The van der Waals surface area contributed by atoms with Gasteiger partial charge in [0.05, 0.1) is 11.0 Å². The van der Waals surface area contributed by atoms with Gasteiger partial charge in [0.15, 0.2) is 0 Å². The monoisotopic (exact) mass is 200 g/mol. The van der Waals surface area contributed by atoms with Gasteiger partial charge in [-0.2, -0.15) is 0 Å². The quantitative estimate of drug-likeness (QED) is 0.704. The first-order chi connectivity index (χ1) is 6.07. The highest BCUT2D eigenvalue weighted by Crippen LogP contribution is 2.27. The van der Waals surface area contributed by atoms with Gasteiger partial charge in [0.2, 0.25) is 0 Å². The summed E-state index contributed by atoms with van der Waals surface area (Å²) in [4.78, 5) is 3.08. The number of rotatable bonds is 3. The standard InChI is InChI=1S/C10H20N2S/c1-4-9-7(2)5-6-12(9)8(3)10(11)13/h7-9H,4-6H2,1-3H3,(H2,11,13). The third-order valence-electron chi connectivity index (χ3n) is 3.25. The lowest BCUT2D eigenvalue weighted by atomic mass is 10.0. The third kappa shape index (κ3) is 2.20. The van der Waals surface area contributed by atoms with Crippen molar-refractivity contribution >= 4 is 17.2 Å². The molecule has 0 aromatic carbocycles. The van der Waals surface area contributed by atoms with Crippen LogP contribution in [0.3, 0.4) is 0 Å². The van der Waals surface area contributed by atoms with Gasteiger partial charge in [0.25, 0.3) is 0 Å². The van der Waals surface area contributed by atoms with E-state index in [-0.39, 0.29) is 6.04 Å². The summed E-state index contributed by atoms with van der Waals surface area (Å²) < 4.78 is 0. The van der Waals surface area contributed by atoms with Crippen molar-refractivity contribution in [3.8, 4) is 0 Å². The molecule has 1 saturated heterocycles. The lowest BCUT2D eigenvalue weighted by Gasteiger charge is -2.30. The van der Waals surface area contributed by atoms with Crippen LogP contribution in [0.5, 0.6) is 0 Å². The van der Waals surface area contributed by atoms with Gasteiger partial charge in [0, 0.05) is 6.04 Å². The topological polar surface area (TPSA) is 29.3 Å². The zero-order valence-electron chi connectivity index (χ0n) is 8.79. The smallest absolute Gasteiger partial charge is 0.0899 e.